The second kappa shape index (κ2) is 19.2. The number of ether oxygens (including phenoxy) is 1. The second-order valence-electron chi connectivity index (χ2n) is 8.95. The summed E-state index contributed by atoms with van der Waals surface area (Å²) in [6, 6.07) is 1.75. The van der Waals surface area contributed by atoms with Crippen LogP contribution in [-0.4, -0.2) is 37.9 Å². The molecular weight excluding hydrogens is 522 g/mol. The molecule has 0 bridgehead atoms. The maximum absolute atomic E-state index is 12.5. The molecule has 0 spiro atoms. The highest BCUT2D eigenvalue weighted by Gasteiger charge is 2.37. The van der Waals surface area contributed by atoms with Gasteiger partial charge in [0.05, 0.1) is 37.4 Å². The van der Waals surface area contributed by atoms with Crippen molar-refractivity contribution in [1.29, 1.82) is 0 Å². The lowest BCUT2D eigenvalue weighted by atomic mass is 9.99. The molecule has 0 amide bonds. The van der Waals surface area contributed by atoms with Gasteiger partial charge in [-0.25, -0.2) is 0 Å². The fraction of sp³-hybridized carbons (Fsp3) is 0.655. The fourth-order valence-electron chi connectivity index (χ4n) is 3.22. The number of hydroxylamine groups is 3. The molecule has 2 unspecified atom stereocenters. The molecular formula is C29H48F6N2O2. The van der Waals surface area contributed by atoms with E-state index in [0.29, 0.717) is 18.2 Å². The fourth-order valence-corrected chi connectivity index (χ4v) is 3.22. The maximum Gasteiger partial charge on any atom is 0.416 e. The van der Waals surface area contributed by atoms with Crippen molar-refractivity contribution in [1.82, 2.24) is 0 Å². The van der Waals surface area contributed by atoms with E-state index in [9.17, 15) is 31.5 Å². The molecule has 2 atom stereocenters. The van der Waals surface area contributed by atoms with E-state index >= 15 is 0 Å². The number of quaternary nitrogens is 1. The van der Waals surface area contributed by atoms with Crippen LogP contribution in [0.3, 0.4) is 0 Å². The number of nitrogens with two attached hydrogens (primary N) is 1. The molecule has 1 saturated heterocycles. The van der Waals surface area contributed by atoms with E-state index in [1.54, 1.807) is 7.05 Å². The minimum Gasteiger partial charge on any atom is -0.633 e. The molecule has 228 valence electrons. The van der Waals surface area contributed by atoms with Gasteiger partial charge in [0, 0.05) is 19.6 Å². The molecule has 3 rings (SSSR count). The summed E-state index contributed by atoms with van der Waals surface area (Å²) in [5, 5.41) is 10.5. The van der Waals surface area contributed by atoms with Crippen LogP contribution in [-0.2, 0) is 17.1 Å². The number of hydrogen-bond donors (Lipinski definition) is 1. The molecule has 0 saturated carbocycles. The molecule has 1 aromatic carbocycles. The van der Waals surface area contributed by atoms with Crippen molar-refractivity contribution in [2.24, 2.45) is 5.73 Å². The number of allylic oxidation sites excluding steroid dienone is 3. The second-order valence-corrected chi connectivity index (χ2v) is 8.95. The number of likely N-dealkylation sites (tertiary alicyclic amines) is 1. The predicted octanol–water partition coefficient (Wildman–Crippen LogP) is 9.21. The summed E-state index contributed by atoms with van der Waals surface area (Å²) >= 11 is 0. The molecule has 39 heavy (non-hydrogen) atoms. The van der Waals surface area contributed by atoms with Crippen molar-refractivity contribution in [3.05, 3.63) is 63.9 Å². The van der Waals surface area contributed by atoms with Gasteiger partial charge < -0.3 is 20.3 Å². The van der Waals surface area contributed by atoms with E-state index in [1.165, 1.54) is 32.4 Å². The SMILES string of the molecule is CC.CC.CCC(N)CC1=CCCC=C1.COC(C)c1cc(C(F)(F)F)cc(C(F)(F)F)c1.C[N+]1([O-])CCC1. The Labute approximate surface area is 231 Å². The van der Waals surface area contributed by atoms with Crippen molar-refractivity contribution >= 4 is 0 Å². The summed E-state index contributed by atoms with van der Waals surface area (Å²) in [5.74, 6) is 0. The smallest absolute Gasteiger partial charge is 0.416 e. The molecule has 1 heterocycles. The van der Waals surface area contributed by atoms with Crippen LogP contribution in [0.15, 0.2) is 42.0 Å². The number of halogens is 6. The lowest BCUT2D eigenvalue weighted by Crippen LogP contribution is -2.49. The molecule has 1 fully saturated rings. The van der Waals surface area contributed by atoms with E-state index < -0.39 is 29.6 Å². The molecule has 1 aromatic rings. The summed E-state index contributed by atoms with van der Waals surface area (Å²) in [4.78, 5) is 0. The van der Waals surface area contributed by atoms with Gasteiger partial charge in [-0.3, -0.25) is 0 Å². The van der Waals surface area contributed by atoms with Crippen molar-refractivity contribution in [3.8, 4) is 0 Å². The number of nitrogens with zero attached hydrogens (tertiary/aromatic N) is 1. The topological polar surface area (TPSA) is 58.3 Å². The summed E-state index contributed by atoms with van der Waals surface area (Å²) in [6.07, 6.45) is 1.87. The van der Waals surface area contributed by atoms with Crippen LogP contribution in [0.25, 0.3) is 0 Å². The Morgan fingerprint density at radius 1 is 0.949 bits per heavy atom. The third-order valence-corrected chi connectivity index (χ3v) is 5.79. The van der Waals surface area contributed by atoms with Crippen molar-refractivity contribution in [3.63, 3.8) is 0 Å². The van der Waals surface area contributed by atoms with Crippen LogP contribution >= 0.6 is 0 Å². The Bertz CT molecular complexity index is 811. The minimum atomic E-state index is -4.83. The molecule has 10 heteroatoms. The van der Waals surface area contributed by atoms with Gasteiger partial charge in [-0.05, 0) is 56.4 Å². The summed E-state index contributed by atoms with van der Waals surface area (Å²) < 4.78 is 79.7. The quantitative estimate of drug-likeness (QED) is 0.218. The highest BCUT2D eigenvalue weighted by molar-refractivity contribution is 5.34. The average molecular weight is 571 g/mol. The number of benzene rings is 1. The zero-order valence-corrected chi connectivity index (χ0v) is 24.7. The van der Waals surface area contributed by atoms with Gasteiger partial charge in [-0.15, -0.1) is 0 Å². The summed E-state index contributed by atoms with van der Waals surface area (Å²) in [6.45, 7) is 13.2. The summed E-state index contributed by atoms with van der Waals surface area (Å²) in [5.41, 5.74) is 4.41. The Kier molecular flexibility index (Phi) is 19.4. The normalized spacial score (nSPS) is 17.1. The van der Waals surface area contributed by atoms with Gasteiger partial charge in [0.2, 0.25) is 0 Å². The highest BCUT2D eigenvalue weighted by atomic mass is 19.4. The first-order chi connectivity index (χ1) is 18.1. The van der Waals surface area contributed by atoms with Crippen molar-refractivity contribution in [2.45, 2.75) is 98.1 Å². The number of alkyl halides is 6. The van der Waals surface area contributed by atoms with E-state index in [2.05, 4.69) is 25.2 Å². The lowest BCUT2D eigenvalue weighted by molar-refractivity contribution is -0.899. The monoisotopic (exact) mass is 570 g/mol. The van der Waals surface area contributed by atoms with Crippen LogP contribution in [0.5, 0.6) is 0 Å². The molecule has 0 aromatic heterocycles. The van der Waals surface area contributed by atoms with E-state index in [4.69, 9.17) is 10.5 Å². The Hall–Kier alpha value is -1.88. The average Bonchev–Trinajstić information content (AvgIpc) is 2.89. The van der Waals surface area contributed by atoms with Crippen LogP contribution in [0, 0.1) is 5.21 Å². The van der Waals surface area contributed by atoms with Gasteiger partial charge >= 0.3 is 12.4 Å². The van der Waals surface area contributed by atoms with Gasteiger partial charge in [0.1, 0.15) is 0 Å². The van der Waals surface area contributed by atoms with E-state index in [1.807, 2.05) is 27.7 Å². The number of hydrogen-bond acceptors (Lipinski definition) is 3. The zero-order valence-electron chi connectivity index (χ0n) is 24.7. The minimum absolute atomic E-state index is 0. The van der Waals surface area contributed by atoms with Crippen LogP contribution < -0.4 is 5.73 Å². The van der Waals surface area contributed by atoms with Gasteiger partial charge in [0.25, 0.3) is 0 Å². The highest BCUT2D eigenvalue weighted by Crippen LogP contribution is 2.37. The zero-order chi connectivity index (χ0) is 30.9. The third-order valence-electron chi connectivity index (χ3n) is 5.79. The van der Waals surface area contributed by atoms with E-state index in [-0.39, 0.29) is 16.3 Å². The van der Waals surface area contributed by atoms with Crippen LogP contribution in [0.4, 0.5) is 26.3 Å². The van der Waals surface area contributed by atoms with Crippen LogP contribution in [0.2, 0.25) is 0 Å². The molecule has 4 nitrogen and oxygen atoms in total. The van der Waals surface area contributed by atoms with Gasteiger partial charge in [0.15, 0.2) is 0 Å². The van der Waals surface area contributed by atoms with Crippen molar-refractivity contribution < 1.29 is 35.7 Å². The number of rotatable bonds is 5. The largest absolute Gasteiger partial charge is 0.633 e. The first kappa shape index (κ1) is 39.3. The number of methoxy groups -OCH3 is 1. The first-order valence-corrected chi connectivity index (χ1v) is 13.6. The Morgan fingerprint density at radius 3 is 1.69 bits per heavy atom. The predicted molar refractivity (Wildman–Crippen MR) is 148 cm³/mol. The molecule has 2 aliphatic rings. The standard InChI is InChI=1S/C11H10F6O.C10H17N.C4H9NO.2C2H6/c1-6(18-2)7-3-8(10(12,13)14)5-9(4-7)11(15,16)17;1-2-10(11)8-9-6-4-3-5-7-9;1-5(6)3-2-4-5;2*1-2/h3-6H,1-2H3;4,6-7,10H,2-3,5,8,11H2,1H3;2-4H2,1H3;2*1-2H3. The van der Waals surface area contributed by atoms with Crippen molar-refractivity contribution in [2.75, 3.05) is 27.2 Å². The summed E-state index contributed by atoms with van der Waals surface area (Å²) in [7, 11) is 2.92. The van der Waals surface area contributed by atoms with Crippen LogP contribution in [0.1, 0.15) is 96.4 Å². The molecule has 2 N–H and O–H groups in total. The maximum atomic E-state index is 12.5. The molecule has 0 radical (unpaired) electrons. The van der Waals surface area contributed by atoms with E-state index in [0.717, 1.165) is 32.4 Å². The molecule has 1 aliphatic heterocycles. The Morgan fingerprint density at radius 2 is 1.41 bits per heavy atom. The molecule has 1 aliphatic carbocycles. The third kappa shape index (κ3) is 16.7. The van der Waals surface area contributed by atoms with Gasteiger partial charge in [-0.2, -0.15) is 26.3 Å². The van der Waals surface area contributed by atoms with Gasteiger partial charge in [-0.1, -0.05) is 58.4 Å². The first-order valence-electron chi connectivity index (χ1n) is 13.6. The lowest BCUT2D eigenvalue weighted by Gasteiger charge is -2.46. The Balaban J connectivity index is 0.